The maximum atomic E-state index is 12.7. The largest absolute Gasteiger partial charge is 0.498 e. The predicted molar refractivity (Wildman–Crippen MR) is 211 cm³/mol. The summed E-state index contributed by atoms with van der Waals surface area (Å²) in [7, 11) is -4.36. The standard InChI is InChI=1S/C41H76NO10P/c1-3-5-7-8-9-10-11-12-13-14-15-16-19-23-30-49-33-36(34-51-53(47,48)50-31-29-42)52-41(46)26-22-18-17-21-25-37-38(40(45)32-39(37)44)28-27-35(43)24-20-6-4-2/h23,27-28,30,35-38,40,43,45H,3-22,24-26,29,31-34,42H2,1-2H3,(H,47,48)/b28-27+,30-23+/t35-,36+,37+,38+,40+/m0/s1. The first-order valence-corrected chi connectivity index (χ1v) is 22.5. The van der Waals surface area contributed by atoms with Crippen LogP contribution in [0.4, 0.5) is 0 Å². The molecule has 0 aromatic heterocycles. The summed E-state index contributed by atoms with van der Waals surface area (Å²) < 4.78 is 33.1. The lowest BCUT2D eigenvalue weighted by atomic mass is 9.88. The number of aliphatic hydroxyl groups is 2. The molecular weight excluding hydrogens is 697 g/mol. The molecule has 0 aliphatic heterocycles. The SMILES string of the molecule is CCCCCCCCCCCCCC/C=C/OC[C@H](COP(=O)(O)OCCN)OC(=O)CCCCCC[C@H]1C(=O)C[C@@H](O)[C@@H]1/C=C/[C@@H](O)CCCCC. The lowest BCUT2D eigenvalue weighted by Gasteiger charge is -2.19. The average Bonchev–Trinajstić information content (AvgIpc) is 3.40. The van der Waals surface area contributed by atoms with Crippen LogP contribution in [0.5, 0.6) is 0 Å². The van der Waals surface area contributed by atoms with Gasteiger partial charge in [0.1, 0.15) is 12.4 Å². The number of Topliss-reactive ketones (excluding diaryl/α,β-unsaturated/α-hetero) is 1. The number of allylic oxidation sites excluding steroid dienone is 1. The summed E-state index contributed by atoms with van der Waals surface area (Å²) in [5.74, 6) is -0.939. The van der Waals surface area contributed by atoms with E-state index in [0.717, 1.165) is 51.4 Å². The van der Waals surface area contributed by atoms with Crippen LogP contribution in [0, 0.1) is 11.8 Å². The van der Waals surface area contributed by atoms with Gasteiger partial charge in [0, 0.05) is 31.2 Å². The Morgan fingerprint density at radius 1 is 0.868 bits per heavy atom. The number of phosphoric ester groups is 1. The molecular formula is C41H76NO10P. The van der Waals surface area contributed by atoms with Crippen LogP contribution >= 0.6 is 7.82 Å². The van der Waals surface area contributed by atoms with Gasteiger partial charge in [-0.1, -0.05) is 135 Å². The highest BCUT2D eigenvalue weighted by Gasteiger charge is 2.39. The van der Waals surface area contributed by atoms with Crippen LogP contribution in [-0.4, -0.2) is 71.5 Å². The van der Waals surface area contributed by atoms with E-state index < -0.39 is 32.1 Å². The second-order valence-electron chi connectivity index (χ2n) is 14.7. The zero-order valence-corrected chi connectivity index (χ0v) is 34.1. The topological polar surface area (TPSA) is 175 Å². The van der Waals surface area contributed by atoms with Crippen LogP contribution < -0.4 is 5.73 Å². The van der Waals surface area contributed by atoms with Gasteiger partial charge in [-0.3, -0.25) is 18.6 Å². The number of aliphatic hydroxyl groups excluding tert-OH is 2. The van der Waals surface area contributed by atoms with E-state index in [1.54, 1.807) is 12.3 Å². The molecule has 12 heteroatoms. The highest BCUT2D eigenvalue weighted by molar-refractivity contribution is 7.47. The van der Waals surface area contributed by atoms with E-state index in [-0.39, 0.29) is 56.8 Å². The number of nitrogens with two attached hydrogens (primary N) is 1. The number of hydrogen-bond donors (Lipinski definition) is 4. The average molecular weight is 774 g/mol. The highest BCUT2D eigenvalue weighted by Crippen LogP contribution is 2.43. The fourth-order valence-electron chi connectivity index (χ4n) is 6.68. The van der Waals surface area contributed by atoms with Gasteiger partial charge in [-0.05, 0) is 38.2 Å². The summed E-state index contributed by atoms with van der Waals surface area (Å²) in [4.78, 5) is 35.1. The summed E-state index contributed by atoms with van der Waals surface area (Å²) in [6.07, 6.45) is 28.9. The number of hydrogen-bond acceptors (Lipinski definition) is 10. The smallest absolute Gasteiger partial charge is 0.472 e. The van der Waals surface area contributed by atoms with Gasteiger partial charge in [0.15, 0.2) is 6.10 Å². The summed E-state index contributed by atoms with van der Waals surface area (Å²) in [5.41, 5.74) is 5.35. The first kappa shape index (κ1) is 49.4. The number of carbonyl (C=O) groups is 2. The van der Waals surface area contributed by atoms with Gasteiger partial charge in [0.25, 0.3) is 0 Å². The molecule has 0 saturated heterocycles. The number of rotatable bonds is 36. The monoisotopic (exact) mass is 774 g/mol. The fraction of sp³-hybridized carbons (Fsp3) is 0.854. The fourth-order valence-corrected chi connectivity index (χ4v) is 7.45. The van der Waals surface area contributed by atoms with Gasteiger partial charge in [-0.25, -0.2) is 4.57 Å². The van der Waals surface area contributed by atoms with Crippen LogP contribution in [0.25, 0.3) is 0 Å². The molecule has 0 spiro atoms. The first-order chi connectivity index (χ1) is 25.6. The lowest BCUT2D eigenvalue weighted by Crippen LogP contribution is -2.27. The molecule has 11 nitrogen and oxygen atoms in total. The minimum atomic E-state index is -4.36. The number of unbranched alkanes of at least 4 members (excludes halogenated alkanes) is 17. The van der Waals surface area contributed by atoms with E-state index >= 15 is 0 Å². The van der Waals surface area contributed by atoms with E-state index in [1.807, 2.05) is 12.2 Å². The third-order valence-corrected chi connectivity index (χ3v) is 10.8. The molecule has 0 heterocycles. The third kappa shape index (κ3) is 26.8. The van der Waals surface area contributed by atoms with Crippen molar-refractivity contribution < 1.29 is 47.8 Å². The van der Waals surface area contributed by atoms with Gasteiger partial charge >= 0.3 is 13.8 Å². The molecule has 1 unspecified atom stereocenters. The van der Waals surface area contributed by atoms with Crippen LogP contribution in [0.2, 0.25) is 0 Å². The van der Waals surface area contributed by atoms with Crippen LogP contribution in [0.3, 0.4) is 0 Å². The molecule has 1 saturated carbocycles. The minimum absolute atomic E-state index is 0.0375. The van der Waals surface area contributed by atoms with Gasteiger partial charge in [0.05, 0.1) is 31.7 Å². The molecule has 0 radical (unpaired) electrons. The van der Waals surface area contributed by atoms with Gasteiger partial charge in [-0.15, -0.1) is 0 Å². The normalized spacial score (nSPS) is 20.0. The zero-order valence-electron chi connectivity index (χ0n) is 33.2. The van der Waals surface area contributed by atoms with Crippen molar-refractivity contribution in [3.05, 3.63) is 24.5 Å². The first-order valence-electron chi connectivity index (χ1n) is 21.0. The Hall–Kier alpha value is -1.59. The van der Waals surface area contributed by atoms with Gasteiger partial charge in [0.2, 0.25) is 0 Å². The van der Waals surface area contributed by atoms with E-state index in [4.69, 9.17) is 24.3 Å². The van der Waals surface area contributed by atoms with E-state index in [0.29, 0.717) is 19.3 Å². The van der Waals surface area contributed by atoms with Crippen molar-refractivity contribution in [1.82, 2.24) is 0 Å². The van der Waals surface area contributed by atoms with Crippen molar-refractivity contribution in [2.75, 3.05) is 26.4 Å². The molecule has 1 aliphatic carbocycles. The summed E-state index contributed by atoms with van der Waals surface area (Å²) >= 11 is 0. The molecule has 0 bridgehead atoms. The maximum Gasteiger partial charge on any atom is 0.472 e. The van der Waals surface area contributed by atoms with Crippen LogP contribution in [-0.2, 0) is 32.7 Å². The van der Waals surface area contributed by atoms with E-state index in [1.165, 1.54) is 70.6 Å². The Balaban J connectivity index is 2.37. The van der Waals surface area contributed by atoms with Crippen LogP contribution in [0.15, 0.2) is 24.5 Å². The van der Waals surface area contributed by atoms with Crippen LogP contribution in [0.1, 0.15) is 168 Å². The van der Waals surface area contributed by atoms with Gasteiger partial charge in [-0.2, -0.15) is 0 Å². The van der Waals surface area contributed by atoms with Crippen molar-refractivity contribution in [2.24, 2.45) is 17.6 Å². The molecule has 0 aromatic carbocycles. The number of phosphoric acid groups is 1. The molecule has 53 heavy (non-hydrogen) atoms. The van der Waals surface area contributed by atoms with Crippen molar-refractivity contribution in [1.29, 1.82) is 0 Å². The molecule has 310 valence electrons. The van der Waals surface area contributed by atoms with Crippen molar-refractivity contribution >= 4 is 19.6 Å². The summed E-state index contributed by atoms with van der Waals surface area (Å²) in [6.45, 7) is 3.86. The minimum Gasteiger partial charge on any atom is -0.498 e. The third-order valence-electron chi connectivity index (χ3n) is 9.83. The highest BCUT2D eigenvalue weighted by atomic mass is 31.2. The lowest BCUT2D eigenvalue weighted by molar-refractivity contribution is -0.153. The van der Waals surface area contributed by atoms with E-state index in [2.05, 4.69) is 13.8 Å². The predicted octanol–water partition coefficient (Wildman–Crippen LogP) is 9.02. The Morgan fingerprint density at radius 3 is 2.13 bits per heavy atom. The Labute approximate surface area is 321 Å². The number of ketones is 1. The second kappa shape index (κ2) is 32.6. The second-order valence-corrected chi connectivity index (χ2v) is 16.2. The molecule has 5 N–H and O–H groups in total. The summed E-state index contributed by atoms with van der Waals surface area (Å²) in [5, 5.41) is 20.7. The molecule has 1 aliphatic rings. The number of ether oxygens (including phenoxy) is 2. The quantitative estimate of drug-likeness (QED) is 0.0157. The maximum absolute atomic E-state index is 12.7. The molecule has 0 aromatic rings. The molecule has 1 rings (SSSR count). The Morgan fingerprint density at radius 2 is 1.47 bits per heavy atom. The molecule has 1 fully saturated rings. The zero-order chi connectivity index (χ0) is 39.0. The number of carbonyl (C=O) groups excluding carboxylic acids is 2. The number of esters is 1. The van der Waals surface area contributed by atoms with Crippen molar-refractivity contribution in [3.8, 4) is 0 Å². The Kier molecular flexibility index (Phi) is 30.4. The van der Waals surface area contributed by atoms with Crippen molar-refractivity contribution in [2.45, 2.75) is 186 Å². The summed E-state index contributed by atoms with van der Waals surface area (Å²) in [6, 6.07) is 0. The molecule has 6 atom stereocenters. The van der Waals surface area contributed by atoms with Crippen molar-refractivity contribution in [3.63, 3.8) is 0 Å². The molecule has 0 amide bonds. The van der Waals surface area contributed by atoms with Gasteiger partial charge < -0.3 is 30.3 Å². The van der Waals surface area contributed by atoms with E-state index in [9.17, 15) is 29.3 Å². The Bertz CT molecular complexity index is 1020.